The first kappa shape index (κ1) is 10.9. The maximum atomic E-state index is 11.9. The van der Waals surface area contributed by atoms with Crippen molar-refractivity contribution in [2.75, 3.05) is 6.61 Å². The van der Waals surface area contributed by atoms with E-state index in [-0.39, 0.29) is 18.3 Å². The molecule has 84 valence electrons. The van der Waals surface area contributed by atoms with Gasteiger partial charge in [-0.05, 0) is 18.4 Å². The molecular weight excluding hydrogens is 202 g/mol. The molecule has 0 atom stereocenters. The number of rotatable bonds is 4. The molecule has 0 saturated heterocycles. The number of benzene rings is 1. The van der Waals surface area contributed by atoms with Crippen LogP contribution in [-0.4, -0.2) is 17.5 Å². The zero-order valence-electron chi connectivity index (χ0n) is 9.02. The van der Waals surface area contributed by atoms with Crippen LogP contribution in [0.1, 0.15) is 18.4 Å². The third kappa shape index (κ3) is 2.14. The van der Waals surface area contributed by atoms with Crippen molar-refractivity contribution in [3.8, 4) is 0 Å². The molecular formula is C13H15NO2. The largest absolute Gasteiger partial charge is 0.398 e. The van der Waals surface area contributed by atoms with E-state index in [1.807, 2.05) is 30.3 Å². The van der Waals surface area contributed by atoms with E-state index in [1.54, 1.807) is 0 Å². The van der Waals surface area contributed by atoms with Gasteiger partial charge in [0.25, 0.3) is 0 Å². The van der Waals surface area contributed by atoms with Crippen LogP contribution in [0.2, 0.25) is 0 Å². The normalized spacial score (nSPS) is 16.8. The minimum Gasteiger partial charge on any atom is -0.398 e. The topological polar surface area (TPSA) is 63.3 Å². The first-order valence-corrected chi connectivity index (χ1v) is 5.43. The smallest absolute Gasteiger partial charge is 0.166 e. The molecule has 0 amide bonds. The van der Waals surface area contributed by atoms with Crippen molar-refractivity contribution in [3.63, 3.8) is 0 Å². The maximum absolute atomic E-state index is 11.9. The Kier molecular flexibility index (Phi) is 3.06. The highest BCUT2D eigenvalue weighted by Gasteiger charge is 2.32. The number of aliphatic hydroxyl groups excluding tert-OH is 1. The lowest BCUT2D eigenvalue weighted by Crippen LogP contribution is -2.15. The lowest BCUT2D eigenvalue weighted by atomic mass is 10.0. The maximum Gasteiger partial charge on any atom is 0.166 e. The molecule has 3 N–H and O–H groups in total. The molecule has 1 aromatic rings. The number of carbonyl (C=O) groups excluding carboxylic acids is 1. The van der Waals surface area contributed by atoms with Gasteiger partial charge in [0.1, 0.15) is 0 Å². The zero-order valence-corrected chi connectivity index (χ0v) is 9.02. The molecule has 0 spiro atoms. The van der Waals surface area contributed by atoms with E-state index in [0.29, 0.717) is 11.3 Å². The molecule has 1 fully saturated rings. The summed E-state index contributed by atoms with van der Waals surface area (Å²) in [5.41, 5.74) is 7.47. The summed E-state index contributed by atoms with van der Waals surface area (Å²) in [5.74, 6) is 0.0910. The minimum atomic E-state index is -0.282. The Morgan fingerprint density at radius 3 is 2.44 bits per heavy atom. The summed E-state index contributed by atoms with van der Waals surface area (Å²) >= 11 is 0. The number of hydrogen-bond acceptors (Lipinski definition) is 3. The number of carbonyl (C=O) groups is 1. The second-order valence-corrected chi connectivity index (χ2v) is 4.05. The molecule has 16 heavy (non-hydrogen) atoms. The van der Waals surface area contributed by atoms with Crippen molar-refractivity contribution < 1.29 is 9.90 Å². The van der Waals surface area contributed by atoms with Crippen molar-refractivity contribution in [1.29, 1.82) is 0 Å². The monoisotopic (exact) mass is 217 g/mol. The fraction of sp³-hybridized carbons (Fsp3) is 0.308. The molecule has 2 rings (SSSR count). The molecule has 0 aliphatic heterocycles. The van der Waals surface area contributed by atoms with Gasteiger partial charge in [0.05, 0.1) is 6.61 Å². The van der Waals surface area contributed by atoms with Gasteiger partial charge in [-0.25, -0.2) is 0 Å². The molecule has 0 aromatic heterocycles. The second-order valence-electron chi connectivity index (χ2n) is 4.05. The average Bonchev–Trinajstić information content (AvgIpc) is 3.14. The Morgan fingerprint density at radius 2 is 1.94 bits per heavy atom. The third-order valence-corrected chi connectivity index (χ3v) is 2.81. The van der Waals surface area contributed by atoms with Crippen LogP contribution < -0.4 is 5.73 Å². The quantitative estimate of drug-likeness (QED) is 0.748. The van der Waals surface area contributed by atoms with Crippen LogP contribution in [0.15, 0.2) is 35.9 Å². The van der Waals surface area contributed by atoms with Gasteiger partial charge >= 0.3 is 0 Å². The van der Waals surface area contributed by atoms with E-state index in [2.05, 4.69) is 0 Å². The van der Waals surface area contributed by atoms with E-state index < -0.39 is 0 Å². The molecule has 0 radical (unpaired) electrons. The Balaban J connectivity index is 2.33. The lowest BCUT2D eigenvalue weighted by Gasteiger charge is -2.08. The fourth-order valence-corrected chi connectivity index (χ4v) is 1.68. The van der Waals surface area contributed by atoms with E-state index in [9.17, 15) is 9.90 Å². The van der Waals surface area contributed by atoms with Crippen molar-refractivity contribution in [1.82, 2.24) is 0 Å². The highest BCUT2D eigenvalue weighted by atomic mass is 16.3. The SMILES string of the molecule is N/C(=C(/CO)C(=O)C1CC1)c1ccccc1. The second kappa shape index (κ2) is 4.49. The van der Waals surface area contributed by atoms with Crippen molar-refractivity contribution in [3.05, 3.63) is 41.5 Å². The van der Waals surface area contributed by atoms with Crippen molar-refractivity contribution >= 4 is 11.5 Å². The first-order chi connectivity index (χ1) is 7.74. The number of hydrogen-bond donors (Lipinski definition) is 2. The highest BCUT2D eigenvalue weighted by molar-refractivity contribution is 6.04. The molecule has 3 heteroatoms. The van der Waals surface area contributed by atoms with Crippen LogP contribution in [0.25, 0.3) is 5.70 Å². The van der Waals surface area contributed by atoms with Gasteiger partial charge in [0.15, 0.2) is 5.78 Å². The molecule has 1 saturated carbocycles. The summed E-state index contributed by atoms with van der Waals surface area (Å²) in [7, 11) is 0. The third-order valence-electron chi connectivity index (χ3n) is 2.81. The van der Waals surface area contributed by atoms with Crippen LogP contribution in [0.3, 0.4) is 0 Å². The summed E-state index contributed by atoms with van der Waals surface area (Å²) in [5, 5.41) is 9.25. The highest BCUT2D eigenvalue weighted by Crippen LogP contribution is 2.33. The van der Waals surface area contributed by atoms with E-state index in [4.69, 9.17) is 5.73 Å². The van der Waals surface area contributed by atoms with E-state index in [1.165, 1.54) is 0 Å². The Labute approximate surface area is 94.6 Å². The Bertz CT molecular complexity index is 419. The van der Waals surface area contributed by atoms with Crippen LogP contribution in [0.5, 0.6) is 0 Å². The van der Waals surface area contributed by atoms with Crippen molar-refractivity contribution in [2.24, 2.45) is 11.7 Å². The van der Waals surface area contributed by atoms with E-state index in [0.717, 1.165) is 18.4 Å². The van der Waals surface area contributed by atoms with Gasteiger partial charge in [-0.2, -0.15) is 0 Å². The van der Waals surface area contributed by atoms with Crippen LogP contribution in [0, 0.1) is 5.92 Å². The average molecular weight is 217 g/mol. The number of ketones is 1. The predicted octanol–water partition coefficient (Wildman–Crippen LogP) is 1.33. The number of nitrogens with two attached hydrogens (primary N) is 1. The number of aliphatic hydroxyl groups is 1. The van der Waals surface area contributed by atoms with Gasteiger partial charge in [-0.1, -0.05) is 30.3 Å². The zero-order chi connectivity index (χ0) is 11.5. The van der Waals surface area contributed by atoms with Crippen LogP contribution in [0.4, 0.5) is 0 Å². The lowest BCUT2D eigenvalue weighted by molar-refractivity contribution is -0.117. The predicted molar refractivity (Wildman–Crippen MR) is 62.4 cm³/mol. The van der Waals surface area contributed by atoms with Crippen LogP contribution in [-0.2, 0) is 4.79 Å². The molecule has 0 unspecified atom stereocenters. The standard InChI is InChI=1S/C13H15NO2/c14-12(9-4-2-1-3-5-9)11(8-15)13(16)10-6-7-10/h1-5,10,15H,6-8,14H2/b12-11-. The summed E-state index contributed by atoms with van der Waals surface area (Å²) in [6.45, 7) is -0.282. The first-order valence-electron chi connectivity index (χ1n) is 5.43. The molecule has 3 nitrogen and oxygen atoms in total. The molecule has 1 aliphatic rings. The van der Waals surface area contributed by atoms with Gasteiger partial charge in [0.2, 0.25) is 0 Å². The Hall–Kier alpha value is -1.61. The molecule has 1 aliphatic carbocycles. The fourth-order valence-electron chi connectivity index (χ4n) is 1.68. The van der Waals surface area contributed by atoms with Gasteiger partial charge in [0, 0.05) is 17.2 Å². The molecule has 1 aromatic carbocycles. The van der Waals surface area contributed by atoms with E-state index >= 15 is 0 Å². The molecule has 0 bridgehead atoms. The molecule has 0 heterocycles. The summed E-state index contributed by atoms with van der Waals surface area (Å²) < 4.78 is 0. The van der Waals surface area contributed by atoms with Gasteiger partial charge in [-0.3, -0.25) is 4.79 Å². The summed E-state index contributed by atoms with van der Waals surface area (Å²) in [6.07, 6.45) is 1.84. The minimum absolute atomic E-state index is 0.00357. The van der Waals surface area contributed by atoms with Gasteiger partial charge in [-0.15, -0.1) is 0 Å². The number of Topliss-reactive ketones (excluding diaryl/α,β-unsaturated/α-hetero) is 1. The van der Waals surface area contributed by atoms with Crippen molar-refractivity contribution in [2.45, 2.75) is 12.8 Å². The van der Waals surface area contributed by atoms with Crippen LogP contribution >= 0.6 is 0 Å². The summed E-state index contributed by atoms with van der Waals surface area (Å²) in [6, 6.07) is 9.28. The Morgan fingerprint density at radius 1 is 1.31 bits per heavy atom. The summed E-state index contributed by atoms with van der Waals surface area (Å²) in [4.78, 5) is 11.9. The van der Waals surface area contributed by atoms with Gasteiger partial charge < -0.3 is 10.8 Å².